The molecule has 0 amide bonds. The number of ether oxygens (including phenoxy) is 1. The molecule has 2 aliphatic heterocycles. The molecule has 0 saturated carbocycles. The van der Waals surface area contributed by atoms with Gasteiger partial charge in [0.25, 0.3) is 0 Å². The van der Waals surface area contributed by atoms with E-state index in [-0.39, 0.29) is 0 Å². The van der Waals surface area contributed by atoms with Crippen LogP contribution in [0, 0.1) is 6.92 Å². The van der Waals surface area contributed by atoms with Crippen molar-refractivity contribution >= 4 is 5.69 Å². The van der Waals surface area contributed by atoms with Gasteiger partial charge in [-0.3, -0.25) is 9.88 Å². The summed E-state index contributed by atoms with van der Waals surface area (Å²) in [4.78, 5) is 9.33. The zero-order valence-corrected chi connectivity index (χ0v) is 11.0. The van der Waals surface area contributed by atoms with E-state index < -0.39 is 0 Å². The third-order valence-electron chi connectivity index (χ3n) is 3.97. The fraction of sp³-hybridized carbons (Fsp3) is 0.643. The Kier molecular flexibility index (Phi) is 3.48. The molecule has 0 bridgehead atoms. The zero-order valence-electron chi connectivity index (χ0n) is 11.0. The molecule has 4 heteroatoms. The van der Waals surface area contributed by atoms with E-state index in [1.165, 1.54) is 12.1 Å². The maximum atomic E-state index is 5.42. The molecular weight excluding hydrogens is 226 g/mol. The topological polar surface area (TPSA) is 28.6 Å². The molecule has 0 N–H and O–H groups in total. The van der Waals surface area contributed by atoms with Gasteiger partial charge in [0.15, 0.2) is 0 Å². The quantitative estimate of drug-likeness (QED) is 0.787. The molecule has 18 heavy (non-hydrogen) atoms. The molecule has 1 aromatic heterocycles. The second-order valence-corrected chi connectivity index (χ2v) is 5.19. The van der Waals surface area contributed by atoms with Crippen molar-refractivity contribution < 1.29 is 4.74 Å². The van der Waals surface area contributed by atoms with Gasteiger partial charge in [0.1, 0.15) is 0 Å². The zero-order chi connectivity index (χ0) is 12.4. The lowest BCUT2D eigenvalue weighted by Gasteiger charge is -2.32. The summed E-state index contributed by atoms with van der Waals surface area (Å²) in [6.45, 7) is 8.32. The Hall–Kier alpha value is -1.13. The Bertz CT molecular complexity index is 404. The van der Waals surface area contributed by atoms with Crippen molar-refractivity contribution in [1.82, 2.24) is 9.88 Å². The number of pyridine rings is 1. The number of nitrogens with zero attached hydrogens (tertiary/aromatic N) is 3. The van der Waals surface area contributed by atoms with Crippen LogP contribution in [0.4, 0.5) is 5.69 Å². The van der Waals surface area contributed by atoms with Gasteiger partial charge in [-0.25, -0.2) is 0 Å². The van der Waals surface area contributed by atoms with Crippen molar-refractivity contribution in [2.45, 2.75) is 19.4 Å². The van der Waals surface area contributed by atoms with Crippen LogP contribution in [0.5, 0.6) is 0 Å². The van der Waals surface area contributed by atoms with E-state index >= 15 is 0 Å². The van der Waals surface area contributed by atoms with E-state index in [0.717, 1.165) is 45.1 Å². The third kappa shape index (κ3) is 2.49. The molecular formula is C14H21N3O. The Morgan fingerprint density at radius 1 is 1.28 bits per heavy atom. The van der Waals surface area contributed by atoms with Crippen molar-refractivity contribution in [3.8, 4) is 0 Å². The van der Waals surface area contributed by atoms with Crippen molar-refractivity contribution in [3.63, 3.8) is 0 Å². The standard InChI is InChI=1S/C14H21N3O/c1-12-10-13(2-4-15-12)17-5-3-14(11-17)16-6-8-18-9-7-16/h2,4,10,14H,3,5-9,11H2,1H3. The van der Waals surface area contributed by atoms with Crippen LogP contribution in [0.1, 0.15) is 12.1 Å². The second kappa shape index (κ2) is 5.24. The molecule has 2 saturated heterocycles. The van der Waals surface area contributed by atoms with Gasteiger partial charge in [0.05, 0.1) is 13.2 Å². The molecule has 3 rings (SSSR count). The summed E-state index contributed by atoms with van der Waals surface area (Å²) in [6, 6.07) is 5.00. The lowest BCUT2D eigenvalue weighted by Crippen LogP contribution is -2.44. The van der Waals surface area contributed by atoms with Gasteiger partial charge >= 0.3 is 0 Å². The molecule has 0 radical (unpaired) electrons. The van der Waals surface area contributed by atoms with Crippen LogP contribution in [0.15, 0.2) is 18.3 Å². The average molecular weight is 247 g/mol. The molecule has 2 fully saturated rings. The largest absolute Gasteiger partial charge is 0.379 e. The number of rotatable bonds is 2. The first-order valence-electron chi connectivity index (χ1n) is 6.82. The monoisotopic (exact) mass is 247 g/mol. The maximum absolute atomic E-state index is 5.42. The Morgan fingerprint density at radius 3 is 2.89 bits per heavy atom. The molecule has 4 nitrogen and oxygen atoms in total. The number of aromatic nitrogens is 1. The smallest absolute Gasteiger partial charge is 0.0594 e. The van der Waals surface area contributed by atoms with Gasteiger partial charge in [-0.2, -0.15) is 0 Å². The van der Waals surface area contributed by atoms with Gasteiger partial charge < -0.3 is 9.64 Å². The number of morpholine rings is 1. The molecule has 0 spiro atoms. The molecule has 0 aromatic carbocycles. The second-order valence-electron chi connectivity index (χ2n) is 5.19. The first-order valence-corrected chi connectivity index (χ1v) is 6.82. The van der Waals surface area contributed by atoms with E-state index in [9.17, 15) is 0 Å². The minimum absolute atomic E-state index is 0.697. The highest BCUT2D eigenvalue weighted by Crippen LogP contribution is 2.23. The van der Waals surface area contributed by atoms with Gasteiger partial charge in [-0.15, -0.1) is 0 Å². The molecule has 1 atom stereocenters. The number of anilines is 1. The summed E-state index contributed by atoms with van der Waals surface area (Å²) in [6.07, 6.45) is 3.17. The maximum Gasteiger partial charge on any atom is 0.0594 e. The molecule has 1 unspecified atom stereocenters. The highest BCUT2D eigenvalue weighted by atomic mass is 16.5. The fourth-order valence-electron chi connectivity index (χ4n) is 2.94. The van der Waals surface area contributed by atoms with Gasteiger partial charge in [-0.1, -0.05) is 0 Å². The number of aryl methyl sites for hydroxylation is 1. The van der Waals surface area contributed by atoms with Crippen molar-refractivity contribution in [3.05, 3.63) is 24.0 Å². The van der Waals surface area contributed by atoms with Crippen molar-refractivity contribution in [1.29, 1.82) is 0 Å². The molecule has 2 aliphatic rings. The van der Waals surface area contributed by atoms with E-state index in [4.69, 9.17) is 4.74 Å². The summed E-state index contributed by atoms with van der Waals surface area (Å²) >= 11 is 0. The van der Waals surface area contributed by atoms with E-state index in [1.807, 2.05) is 6.20 Å². The van der Waals surface area contributed by atoms with Crippen LogP contribution in [0.2, 0.25) is 0 Å². The van der Waals surface area contributed by atoms with E-state index in [0.29, 0.717) is 6.04 Å². The number of hydrogen-bond acceptors (Lipinski definition) is 4. The minimum atomic E-state index is 0.697. The SMILES string of the molecule is Cc1cc(N2CCC(N3CCOCC3)C2)ccn1. The summed E-state index contributed by atoms with van der Waals surface area (Å²) < 4.78 is 5.42. The van der Waals surface area contributed by atoms with Gasteiger partial charge in [0, 0.05) is 49.8 Å². The summed E-state index contributed by atoms with van der Waals surface area (Å²) in [7, 11) is 0. The third-order valence-corrected chi connectivity index (χ3v) is 3.97. The van der Waals surface area contributed by atoms with Crippen molar-refractivity contribution in [2.75, 3.05) is 44.3 Å². The summed E-state index contributed by atoms with van der Waals surface area (Å²) in [5.74, 6) is 0. The van der Waals surface area contributed by atoms with Crippen LogP contribution in [-0.4, -0.2) is 55.3 Å². The average Bonchev–Trinajstić information content (AvgIpc) is 2.89. The highest BCUT2D eigenvalue weighted by molar-refractivity contribution is 5.47. The first kappa shape index (κ1) is 11.9. The normalized spacial score (nSPS) is 25.6. The predicted octanol–water partition coefficient (Wildman–Crippen LogP) is 1.30. The Labute approximate surface area is 109 Å². The van der Waals surface area contributed by atoms with E-state index in [2.05, 4.69) is 33.8 Å². The predicted molar refractivity (Wildman–Crippen MR) is 72.0 cm³/mol. The van der Waals surface area contributed by atoms with Crippen LogP contribution in [0.25, 0.3) is 0 Å². The summed E-state index contributed by atoms with van der Waals surface area (Å²) in [5.41, 5.74) is 2.42. The van der Waals surface area contributed by atoms with Crippen LogP contribution >= 0.6 is 0 Å². The molecule has 98 valence electrons. The van der Waals surface area contributed by atoms with Crippen molar-refractivity contribution in [2.24, 2.45) is 0 Å². The number of hydrogen-bond donors (Lipinski definition) is 0. The van der Waals surface area contributed by atoms with Gasteiger partial charge in [0.2, 0.25) is 0 Å². The minimum Gasteiger partial charge on any atom is -0.379 e. The Morgan fingerprint density at radius 2 is 2.11 bits per heavy atom. The lowest BCUT2D eigenvalue weighted by atomic mass is 10.2. The van der Waals surface area contributed by atoms with Crippen LogP contribution < -0.4 is 4.90 Å². The summed E-state index contributed by atoms with van der Waals surface area (Å²) in [5, 5.41) is 0. The molecule has 3 heterocycles. The lowest BCUT2D eigenvalue weighted by molar-refractivity contribution is 0.0209. The first-order chi connectivity index (χ1) is 8.83. The highest BCUT2D eigenvalue weighted by Gasteiger charge is 2.28. The van der Waals surface area contributed by atoms with Gasteiger partial charge in [-0.05, 0) is 25.5 Å². The van der Waals surface area contributed by atoms with E-state index in [1.54, 1.807) is 0 Å². The van der Waals surface area contributed by atoms with Crippen LogP contribution in [0.3, 0.4) is 0 Å². The Balaban J connectivity index is 1.64. The molecule has 1 aromatic rings. The fourth-order valence-corrected chi connectivity index (χ4v) is 2.94. The van der Waals surface area contributed by atoms with Crippen LogP contribution in [-0.2, 0) is 4.74 Å². The molecule has 0 aliphatic carbocycles.